The predicted octanol–water partition coefficient (Wildman–Crippen LogP) is 1.70. The number of rotatable bonds is 8. The van der Waals surface area contributed by atoms with Crippen LogP contribution in [0.25, 0.3) is 0 Å². The van der Waals surface area contributed by atoms with Crippen molar-refractivity contribution in [1.82, 2.24) is 15.6 Å². The Morgan fingerprint density at radius 1 is 1.28 bits per heavy atom. The van der Waals surface area contributed by atoms with E-state index in [1.54, 1.807) is 18.5 Å². The van der Waals surface area contributed by atoms with Crippen molar-refractivity contribution >= 4 is 22.0 Å². The van der Waals surface area contributed by atoms with Crippen LogP contribution < -0.4 is 10.6 Å². The zero-order chi connectivity index (χ0) is 22.7. The van der Waals surface area contributed by atoms with Gasteiger partial charge in [0.25, 0.3) is 5.91 Å². The zero-order valence-electron chi connectivity index (χ0n) is 18.2. The van der Waals surface area contributed by atoms with Gasteiger partial charge in [0.2, 0.25) is 0 Å². The molecule has 1 aliphatic carbocycles. The number of hydrogen-bond donors (Lipinski definition) is 3. The average molecular weight is 459 g/mol. The first-order valence-electron chi connectivity index (χ1n) is 11.1. The largest absolute Gasteiger partial charge is 0.395 e. The van der Waals surface area contributed by atoms with Gasteiger partial charge in [-0.1, -0.05) is 43.9 Å². The minimum atomic E-state index is -3.35. The fraction of sp³-hybridized carbons (Fsp3) is 0.522. The monoisotopic (exact) mass is 458 g/mol. The molecule has 1 saturated carbocycles. The van der Waals surface area contributed by atoms with Gasteiger partial charge < -0.3 is 15.7 Å². The van der Waals surface area contributed by atoms with Crippen LogP contribution in [0.3, 0.4) is 0 Å². The molecule has 172 valence electrons. The van der Waals surface area contributed by atoms with E-state index in [9.17, 15) is 13.2 Å². The number of allylic oxidation sites excluding steroid dienone is 1. The van der Waals surface area contributed by atoms with Crippen molar-refractivity contribution in [3.05, 3.63) is 47.3 Å². The smallest absolute Gasteiger partial charge is 0.252 e. The van der Waals surface area contributed by atoms with E-state index in [-0.39, 0.29) is 42.1 Å². The molecule has 1 aromatic rings. The third-order valence-corrected chi connectivity index (χ3v) is 7.42. The van der Waals surface area contributed by atoms with E-state index in [2.05, 4.69) is 26.7 Å². The lowest BCUT2D eigenvalue weighted by Crippen LogP contribution is -2.34. The molecule has 2 aliphatic heterocycles. The molecule has 4 rings (SSSR count). The van der Waals surface area contributed by atoms with E-state index in [0.29, 0.717) is 11.5 Å². The zero-order valence-corrected chi connectivity index (χ0v) is 19.0. The van der Waals surface area contributed by atoms with Gasteiger partial charge in [0.15, 0.2) is 14.9 Å². The number of aliphatic imine (C=N–C) groups is 1. The number of hydrogen-bond acceptors (Lipinski definition) is 7. The highest BCUT2D eigenvalue weighted by atomic mass is 32.2. The van der Waals surface area contributed by atoms with Crippen LogP contribution in [-0.2, 0) is 14.6 Å². The molecule has 1 amide bonds. The van der Waals surface area contributed by atoms with Gasteiger partial charge in [0, 0.05) is 42.7 Å². The number of amides is 1. The van der Waals surface area contributed by atoms with Crippen LogP contribution in [0.2, 0.25) is 0 Å². The van der Waals surface area contributed by atoms with E-state index in [0.717, 1.165) is 23.9 Å². The van der Waals surface area contributed by atoms with Crippen molar-refractivity contribution < 1.29 is 18.3 Å². The second kappa shape index (κ2) is 9.54. The van der Waals surface area contributed by atoms with Gasteiger partial charge in [-0.25, -0.2) is 13.4 Å². The molecule has 3 heterocycles. The normalized spacial score (nSPS) is 23.8. The second-order valence-corrected chi connectivity index (χ2v) is 10.8. The molecular weight excluding hydrogens is 428 g/mol. The van der Waals surface area contributed by atoms with Gasteiger partial charge >= 0.3 is 0 Å². The van der Waals surface area contributed by atoms with Gasteiger partial charge in [-0.3, -0.25) is 9.79 Å². The first-order chi connectivity index (χ1) is 15.3. The minimum absolute atomic E-state index is 0.0424. The van der Waals surface area contributed by atoms with E-state index in [1.807, 2.05) is 12.1 Å². The number of nitrogens with one attached hydrogen (secondary N) is 2. The number of sulfone groups is 1. The maximum Gasteiger partial charge on any atom is 0.252 e. The third-order valence-electron chi connectivity index (χ3n) is 6.42. The number of pyridine rings is 1. The molecule has 3 N–H and O–H groups in total. The predicted molar refractivity (Wildman–Crippen MR) is 122 cm³/mol. The molecule has 1 aromatic heterocycles. The summed E-state index contributed by atoms with van der Waals surface area (Å²) in [6.45, 7) is 0.0974. The molecule has 8 nitrogen and oxygen atoms in total. The van der Waals surface area contributed by atoms with Crippen molar-refractivity contribution in [2.24, 2.45) is 16.8 Å². The Balaban J connectivity index is 1.58. The fourth-order valence-corrected chi connectivity index (χ4v) is 5.32. The van der Waals surface area contributed by atoms with Crippen LogP contribution in [0.4, 0.5) is 0 Å². The van der Waals surface area contributed by atoms with Crippen molar-refractivity contribution in [3.63, 3.8) is 0 Å². The molecule has 3 unspecified atom stereocenters. The molecule has 3 aliphatic rings. The Hall–Kier alpha value is -2.52. The summed E-state index contributed by atoms with van der Waals surface area (Å²) in [5, 5.41) is 15.2. The summed E-state index contributed by atoms with van der Waals surface area (Å²) in [5.41, 5.74) is 2.52. The van der Waals surface area contributed by atoms with E-state index in [4.69, 9.17) is 5.11 Å². The summed E-state index contributed by atoms with van der Waals surface area (Å²) in [6.07, 6.45) is 14.2. The lowest BCUT2D eigenvalue weighted by atomic mass is 9.86. The van der Waals surface area contributed by atoms with Crippen LogP contribution in [0.5, 0.6) is 0 Å². The number of aliphatic hydroxyl groups is 1. The highest BCUT2D eigenvalue weighted by molar-refractivity contribution is 7.90. The molecule has 9 heteroatoms. The molecular formula is C23H30N4O4S. The Morgan fingerprint density at radius 3 is 2.72 bits per heavy atom. The average Bonchev–Trinajstić information content (AvgIpc) is 3.44. The molecule has 3 atom stereocenters. The van der Waals surface area contributed by atoms with E-state index < -0.39 is 9.84 Å². The van der Waals surface area contributed by atoms with Crippen LogP contribution in [0.1, 0.15) is 43.6 Å². The number of carbonyl (C=O) groups excluding carboxylic acids is 1. The summed E-state index contributed by atoms with van der Waals surface area (Å²) in [5.74, 6) is 0.407. The molecule has 0 aromatic carbocycles. The Bertz CT molecular complexity index is 1040. The summed E-state index contributed by atoms with van der Waals surface area (Å²) >= 11 is 0. The number of fused-ring (bicyclic) bond motifs is 1. The summed E-state index contributed by atoms with van der Waals surface area (Å²) in [6, 6.07) is 3.44. The first-order valence-corrected chi connectivity index (χ1v) is 13.0. The van der Waals surface area contributed by atoms with Crippen LogP contribution in [0.15, 0.2) is 51.8 Å². The Kier molecular flexibility index (Phi) is 6.76. The first kappa shape index (κ1) is 22.7. The molecule has 32 heavy (non-hydrogen) atoms. The minimum Gasteiger partial charge on any atom is -0.395 e. The van der Waals surface area contributed by atoms with Gasteiger partial charge in [-0.15, -0.1) is 0 Å². The van der Waals surface area contributed by atoms with E-state index in [1.165, 1.54) is 25.7 Å². The van der Waals surface area contributed by atoms with Gasteiger partial charge in [-0.2, -0.15) is 0 Å². The van der Waals surface area contributed by atoms with Gasteiger partial charge in [0.05, 0.1) is 12.2 Å². The summed E-state index contributed by atoms with van der Waals surface area (Å²) < 4.78 is 23.6. The van der Waals surface area contributed by atoms with Crippen molar-refractivity contribution in [2.75, 3.05) is 19.4 Å². The third kappa shape index (κ3) is 5.10. The maximum absolute atomic E-state index is 12.2. The number of aromatic nitrogens is 1. The van der Waals surface area contributed by atoms with Crippen LogP contribution in [-0.4, -0.2) is 56.2 Å². The number of carbonyl (C=O) groups is 1. The second-order valence-electron chi connectivity index (χ2n) is 8.81. The highest BCUT2D eigenvalue weighted by Gasteiger charge is 2.34. The Morgan fingerprint density at radius 2 is 2.06 bits per heavy atom. The molecule has 0 saturated heterocycles. The van der Waals surface area contributed by atoms with E-state index >= 15 is 0 Å². The SMILES string of the molecule is CS(=O)(=O)c1ccc(C(CC2CCCC2)C2=CC3C=C(C(=O)NCCO)C=NC3N2)cn1. The highest BCUT2D eigenvalue weighted by Crippen LogP contribution is 2.40. The fourth-order valence-electron chi connectivity index (χ4n) is 4.76. The standard InChI is InChI=1S/C23H30N4O4S/c1-32(30,31)21-7-6-16(13-25-21)19(10-15-4-2-3-5-15)20-12-17-11-18(14-26-22(17)27-20)23(29)24-8-9-28/h6-7,11-15,17,19,22,27-28H,2-5,8-10H2,1H3,(H,24,29). The van der Waals surface area contributed by atoms with Crippen molar-refractivity contribution in [3.8, 4) is 0 Å². The number of nitrogens with zero attached hydrogens (tertiary/aromatic N) is 2. The van der Waals surface area contributed by atoms with Crippen LogP contribution in [0, 0.1) is 11.8 Å². The quantitative estimate of drug-likeness (QED) is 0.545. The lowest BCUT2D eigenvalue weighted by molar-refractivity contribution is -0.117. The Labute approximate surface area is 188 Å². The molecule has 0 spiro atoms. The molecule has 0 bridgehead atoms. The van der Waals surface area contributed by atoms with Gasteiger partial charge in [0.1, 0.15) is 6.17 Å². The number of aliphatic hydroxyl groups excluding tert-OH is 1. The summed E-state index contributed by atoms with van der Waals surface area (Å²) in [4.78, 5) is 21.0. The van der Waals surface area contributed by atoms with Gasteiger partial charge in [-0.05, 0) is 24.0 Å². The topological polar surface area (TPSA) is 121 Å². The van der Waals surface area contributed by atoms with Crippen LogP contribution >= 0.6 is 0 Å². The molecule has 1 fully saturated rings. The molecule has 0 radical (unpaired) electrons. The van der Waals surface area contributed by atoms with Crippen molar-refractivity contribution in [1.29, 1.82) is 0 Å². The lowest BCUT2D eigenvalue weighted by Gasteiger charge is -2.24. The number of dihydropyridines is 1. The summed E-state index contributed by atoms with van der Waals surface area (Å²) in [7, 11) is -3.35. The maximum atomic E-state index is 12.2. The van der Waals surface area contributed by atoms with Crippen molar-refractivity contribution in [2.45, 2.75) is 49.2 Å².